The van der Waals surface area contributed by atoms with Crippen LogP contribution < -0.4 is 5.32 Å². The fraction of sp³-hybridized carbons (Fsp3) is 0.833. The highest BCUT2D eigenvalue weighted by molar-refractivity contribution is 5.65. The van der Waals surface area contributed by atoms with Crippen LogP contribution in [0.1, 0.15) is 6.42 Å². The van der Waals surface area contributed by atoms with Gasteiger partial charge in [-0.25, -0.2) is 4.79 Å². The van der Waals surface area contributed by atoms with E-state index in [4.69, 9.17) is 5.11 Å². The summed E-state index contributed by atoms with van der Waals surface area (Å²) in [6.45, 7) is 1.73. The number of nitrogens with one attached hydrogen (secondary N) is 1. The van der Waals surface area contributed by atoms with Crippen LogP contribution in [0.25, 0.3) is 0 Å². The minimum absolute atomic E-state index is 0.178. The van der Waals surface area contributed by atoms with Gasteiger partial charge in [0.05, 0.1) is 0 Å². The van der Waals surface area contributed by atoms with Crippen molar-refractivity contribution in [1.82, 2.24) is 10.2 Å². The first-order valence-electron chi connectivity index (χ1n) is 3.38. The van der Waals surface area contributed by atoms with E-state index >= 15 is 0 Å². The van der Waals surface area contributed by atoms with Gasteiger partial charge >= 0.3 is 6.09 Å². The molecule has 0 spiro atoms. The van der Waals surface area contributed by atoms with E-state index in [0.29, 0.717) is 0 Å². The van der Waals surface area contributed by atoms with E-state index in [0.717, 1.165) is 19.5 Å². The van der Waals surface area contributed by atoms with E-state index in [-0.39, 0.29) is 6.04 Å². The summed E-state index contributed by atoms with van der Waals surface area (Å²) in [6, 6.07) is 0.178. The van der Waals surface area contributed by atoms with Crippen LogP contribution in [-0.4, -0.2) is 42.3 Å². The second-order valence-electron chi connectivity index (χ2n) is 2.54. The second kappa shape index (κ2) is 2.88. The molecular weight excluding hydrogens is 132 g/mol. The third-order valence-electron chi connectivity index (χ3n) is 1.88. The predicted molar refractivity (Wildman–Crippen MR) is 37.1 cm³/mol. The Balaban J connectivity index is 2.39. The van der Waals surface area contributed by atoms with Crippen LogP contribution in [0.4, 0.5) is 4.79 Å². The van der Waals surface area contributed by atoms with Gasteiger partial charge in [-0.1, -0.05) is 0 Å². The first kappa shape index (κ1) is 7.34. The van der Waals surface area contributed by atoms with Gasteiger partial charge in [0, 0.05) is 19.6 Å². The van der Waals surface area contributed by atoms with Crippen LogP contribution in [0.15, 0.2) is 0 Å². The van der Waals surface area contributed by atoms with E-state index in [1.54, 1.807) is 7.05 Å². The van der Waals surface area contributed by atoms with Crippen molar-refractivity contribution in [3.63, 3.8) is 0 Å². The molecule has 10 heavy (non-hydrogen) atoms. The lowest BCUT2D eigenvalue weighted by molar-refractivity contribution is 0.142. The SMILES string of the molecule is CN(C(=O)O)C1CCNC1. The molecule has 1 atom stereocenters. The topological polar surface area (TPSA) is 52.6 Å². The van der Waals surface area contributed by atoms with E-state index in [1.807, 2.05) is 0 Å². The largest absolute Gasteiger partial charge is 0.465 e. The Hall–Kier alpha value is -0.770. The van der Waals surface area contributed by atoms with Gasteiger partial charge < -0.3 is 15.3 Å². The molecule has 1 amide bonds. The van der Waals surface area contributed by atoms with Crippen molar-refractivity contribution in [3.8, 4) is 0 Å². The van der Waals surface area contributed by atoms with Gasteiger partial charge in [0.1, 0.15) is 0 Å². The lowest BCUT2D eigenvalue weighted by atomic mass is 10.2. The lowest BCUT2D eigenvalue weighted by Crippen LogP contribution is -2.37. The smallest absolute Gasteiger partial charge is 0.407 e. The highest BCUT2D eigenvalue weighted by Crippen LogP contribution is 2.05. The molecule has 1 unspecified atom stereocenters. The molecule has 1 aliphatic rings. The average molecular weight is 144 g/mol. The van der Waals surface area contributed by atoms with Crippen LogP contribution in [0.5, 0.6) is 0 Å². The number of carbonyl (C=O) groups is 1. The molecule has 0 saturated carbocycles. The van der Waals surface area contributed by atoms with E-state index in [2.05, 4.69) is 5.32 Å². The van der Waals surface area contributed by atoms with E-state index in [1.165, 1.54) is 4.90 Å². The standard InChI is InChI=1S/C6H12N2O2/c1-8(6(9)10)5-2-3-7-4-5/h5,7H,2-4H2,1H3,(H,9,10). The number of carboxylic acid groups (broad SMARTS) is 1. The number of hydrogen-bond acceptors (Lipinski definition) is 2. The molecule has 0 aromatic heterocycles. The molecule has 1 saturated heterocycles. The van der Waals surface area contributed by atoms with Gasteiger partial charge in [-0.05, 0) is 13.0 Å². The maximum absolute atomic E-state index is 10.4. The van der Waals surface area contributed by atoms with Gasteiger partial charge in [0.15, 0.2) is 0 Å². The fourth-order valence-electron chi connectivity index (χ4n) is 1.13. The van der Waals surface area contributed by atoms with Crippen molar-refractivity contribution in [2.24, 2.45) is 0 Å². The number of nitrogens with zero attached hydrogens (tertiary/aromatic N) is 1. The monoisotopic (exact) mass is 144 g/mol. The summed E-state index contributed by atoms with van der Waals surface area (Å²) in [7, 11) is 1.61. The van der Waals surface area contributed by atoms with Gasteiger partial charge in [-0.3, -0.25) is 0 Å². The second-order valence-corrected chi connectivity index (χ2v) is 2.54. The highest BCUT2D eigenvalue weighted by atomic mass is 16.4. The van der Waals surface area contributed by atoms with Crippen molar-refractivity contribution in [2.75, 3.05) is 20.1 Å². The molecule has 0 aromatic rings. The fourth-order valence-corrected chi connectivity index (χ4v) is 1.13. The molecule has 1 fully saturated rings. The summed E-state index contributed by atoms with van der Waals surface area (Å²) in [5.74, 6) is 0. The highest BCUT2D eigenvalue weighted by Gasteiger charge is 2.21. The molecule has 4 heteroatoms. The molecule has 0 bridgehead atoms. The number of likely N-dealkylation sites (N-methyl/N-ethyl adjacent to an activating group) is 1. The molecule has 58 valence electrons. The quantitative estimate of drug-likeness (QED) is 0.543. The van der Waals surface area contributed by atoms with E-state index < -0.39 is 6.09 Å². The van der Waals surface area contributed by atoms with Crippen LogP contribution in [-0.2, 0) is 0 Å². The molecule has 1 rings (SSSR count). The van der Waals surface area contributed by atoms with Crippen molar-refractivity contribution in [2.45, 2.75) is 12.5 Å². The molecule has 0 radical (unpaired) electrons. The zero-order chi connectivity index (χ0) is 7.56. The van der Waals surface area contributed by atoms with Crippen molar-refractivity contribution in [1.29, 1.82) is 0 Å². The molecule has 1 aliphatic heterocycles. The lowest BCUT2D eigenvalue weighted by Gasteiger charge is -2.19. The predicted octanol–water partition coefficient (Wildman–Crippen LogP) is -0.0419. The van der Waals surface area contributed by atoms with Gasteiger partial charge in [-0.2, -0.15) is 0 Å². The van der Waals surface area contributed by atoms with Crippen LogP contribution in [0, 0.1) is 0 Å². The number of rotatable bonds is 1. The van der Waals surface area contributed by atoms with Crippen LogP contribution in [0.3, 0.4) is 0 Å². The summed E-state index contributed by atoms with van der Waals surface area (Å²) in [4.78, 5) is 11.7. The molecule has 1 heterocycles. The normalized spacial score (nSPS) is 24.7. The minimum Gasteiger partial charge on any atom is -0.465 e. The minimum atomic E-state index is -0.839. The Morgan fingerprint density at radius 1 is 1.80 bits per heavy atom. The first-order valence-corrected chi connectivity index (χ1v) is 3.38. The third kappa shape index (κ3) is 1.39. The zero-order valence-electron chi connectivity index (χ0n) is 6.00. The summed E-state index contributed by atoms with van der Waals surface area (Å²) in [5, 5.41) is 11.6. The Labute approximate surface area is 59.8 Å². The summed E-state index contributed by atoms with van der Waals surface area (Å²) >= 11 is 0. The van der Waals surface area contributed by atoms with Crippen molar-refractivity contribution >= 4 is 6.09 Å². The van der Waals surface area contributed by atoms with Crippen LogP contribution in [0.2, 0.25) is 0 Å². The summed E-state index contributed by atoms with van der Waals surface area (Å²) in [5.41, 5.74) is 0. The molecule has 4 nitrogen and oxygen atoms in total. The van der Waals surface area contributed by atoms with Gasteiger partial charge in [0.25, 0.3) is 0 Å². The van der Waals surface area contributed by atoms with Crippen molar-refractivity contribution in [3.05, 3.63) is 0 Å². The summed E-state index contributed by atoms with van der Waals surface area (Å²) in [6.07, 6.45) is 0.0942. The Morgan fingerprint density at radius 2 is 2.50 bits per heavy atom. The van der Waals surface area contributed by atoms with Crippen molar-refractivity contribution < 1.29 is 9.90 Å². The number of hydrogen-bond donors (Lipinski definition) is 2. The van der Waals surface area contributed by atoms with Crippen LogP contribution >= 0.6 is 0 Å². The maximum atomic E-state index is 10.4. The summed E-state index contributed by atoms with van der Waals surface area (Å²) < 4.78 is 0. The first-order chi connectivity index (χ1) is 4.72. The molecular formula is C6H12N2O2. The molecule has 0 aromatic carbocycles. The average Bonchev–Trinajstić information content (AvgIpc) is 2.36. The Bertz CT molecular complexity index is 132. The Kier molecular flexibility index (Phi) is 2.11. The maximum Gasteiger partial charge on any atom is 0.407 e. The molecule has 0 aliphatic carbocycles. The number of amides is 1. The van der Waals surface area contributed by atoms with Gasteiger partial charge in [0.2, 0.25) is 0 Å². The third-order valence-corrected chi connectivity index (χ3v) is 1.88. The Morgan fingerprint density at radius 3 is 2.90 bits per heavy atom. The zero-order valence-corrected chi connectivity index (χ0v) is 6.00. The van der Waals surface area contributed by atoms with E-state index in [9.17, 15) is 4.79 Å². The molecule has 2 N–H and O–H groups in total. The van der Waals surface area contributed by atoms with Gasteiger partial charge in [-0.15, -0.1) is 0 Å².